The Morgan fingerprint density at radius 2 is 1.64 bits per heavy atom. The van der Waals surface area contributed by atoms with Crippen molar-refractivity contribution in [2.45, 2.75) is 92.5 Å². The fraction of sp³-hybridized carbons (Fsp3) is 0.465. The quantitative estimate of drug-likeness (QED) is 0.0894. The zero-order valence-electron chi connectivity index (χ0n) is 31.9. The number of fused-ring (bicyclic) bond motifs is 1. The van der Waals surface area contributed by atoms with Crippen LogP contribution in [0.4, 0.5) is 4.39 Å². The van der Waals surface area contributed by atoms with Gasteiger partial charge in [-0.15, -0.1) is 0 Å². The number of aryl methyl sites for hydroxylation is 2. The number of rotatable bonds is 16. The predicted octanol–water partition coefficient (Wildman–Crippen LogP) is 7.95. The number of benzene rings is 3. The molecule has 0 spiro atoms. The average Bonchev–Trinajstić information content (AvgIpc) is 3.14. The van der Waals surface area contributed by atoms with Crippen LogP contribution >= 0.6 is 0 Å². The van der Waals surface area contributed by atoms with Crippen LogP contribution in [0.15, 0.2) is 72.8 Å². The highest BCUT2D eigenvalue weighted by Gasteiger charge is 2.41. The van der Waals surface area contributed by atoms with E-state index in [9.17, 15) is 33.5 Å². The van der Waals surface area contributed by atoms with Gasteiger partial charge in [-0.2, -0.15) is 0 Å². The number of nitrogens with zero attached hydrogens (tertiary/aromatic N) is 1. The zero-order valence-corrected chi connectivity index (χ0v) is 31.9. The van der Waals surface area contributed by atoms with Crippen LogP contribution in [-0.4, -0.2) is 65.2 Å². The molecule has 0 aromatic heterocycles. The molecule has 4 rings (SSSR count). The molecule has 286 valence electrons. The summed E-state index contributed by atoms with van der Waals surface area (Å²) >= 11 is 0. The van der Waals surface area contributed by atoms with Crippen molar-refractivity contribution in [1.82, 2.24) is 4.90 Å². The maximum atomic E-state index is 13.9. The minimum absolute atomic E-state index is 0.0112. The number of carboxylic acid groups (broad SMARTS) is 1. The molecule has 0 bridgehead atoms. The Bertz CT molecular complexity index is 1760. The first-order valence-corrected chi connectivity index (χ1v) is 18.5. The van der Waals surface area contributed by atoms with Crippen molar-refractivity contribution in [2.24, 2.45) is 17.3 Å². The van der Waals surface area contributed by atoms with E-state index in [-0.39, 0.29) is 43.2 Å². The molecule has 2 atom stereocenters. The molecule has 9 nitrogen and oxygen atoms in total. The smallest absolute Gasteiger partial charge is 0.330 e. The zero-order chi connectivity index (χ0) is 39.1. The van der Waals surface area contributed by atoms with Crippen molar-refractivity contribution < 1.29 is 42.9 Å². The molecule has 1 aliphatic rings. The van der Waals surface area contributed by atoms with E-state index in [1.807, 2.05) is 45.9 Å². The van der Waals surface area contributed by atoms with E-state index in [4.69, 9.17) is 9.47 Å². The summed E-state index contributed by atoms with van der Waals surface area (Å²) in [6, 6.07) is 18.6. The molecule has 3 aromatic rings. The molecular formula is C43H54FNO8. The second kappa shape index (κ2) is 20.4. The van der Waals surface area contributed by atoms with Gasteiger partial charge in [0.2, 0.25) is 5.78 Å². The van der Waals surface area contributed by atoms with Crippen molar-refractivity contribution >= 4 is 40.2 Å². The van der Waals surface area contributed by atoms with E-state index in [0.717, 1.165) is 36.1 Å². The van der Waals surface area contributed by atoms with Crippen LogP contribution in [0.2, 0.25) is 0 Å². The van der Waals surface area contributed by atoms with Gasteiger partial charge in [0.15, 0.2) is 5.78 Å². The first-order valence-electron chi connectivity index (χ1n) is 18.5. The summed E-state index contributed by atoms with van der Waals surface area (Å²) in [5.41, 5.74) is 0.948. The highest BCUT2D eigenvalue weighted by atomic mass is 19.1. The molecule has 53 heavy (non-hydrogen) atoms. The van der Waals surface area contributed by atoms with Gasteiger partial charge in [-0.1, -0.05) is 82.7 Å². The lowest BCUT2D eigenvalue weighted by Gasteiger charge is -2.34. The van der Waals surface area contributed by atoms with Crippen molar-refractivity contribution in [3.05, 3.63) is 89.8 Å². The molecule has 0 radical (unpaired) electrons. The highest BCUT2D eigenvalue weighted by Crippen LogP contribution is 2.24. The number of likely N-dealkylation sites (tertiary alicyclic amines) is 1. The van der Waals surface area contributed by atoms with Crippen LogP contribution < -0.4 is 4.74 Å². The summed E-state index contributed by atoms with van der Waals surface area (Å²) in [4.78, 5) is 61.0. The molecule has 1 saturated heterocycles. The Morgan fingerprint density at radius 3 is 2.32 bits per heavy atom. The second-order valence-electron chi connectivity index (χ2n) is 14.7. The van der Waals surface area contributed by atoms with Crippen molar-refractivity contribution in [3.8, 4) is 5.75 Å². The standard InChI is InChI=1S/C24H25FO2.C19H29NO6/c1-17(2)24(26)16-27-23-14-19(13-22(25)15-23)7-5-6-18-10-11-20-8-3-4-9-21(20)12-18;1-5-13(2)9-10-15(21)26-12-19(3,4)16(22)17(23)20-11-7-6-8-14(20)18(24)25/h3-4,8-15,17H,5-7,16H2,1-2H3;9-10,13-14H,5-8,11-12H2,1-4H3,(H,24,25)/b;10-9-. The molecule has 0 aliphatic carbocycles. The third-order valence-corrected chi connectivity index (χ3v) is 9.34. The lowest BCUT2D eigenvalue weighted by atomic mass is 9.87. The van der Waals surface area contributed by atoms with E-state index < -0.39 is 35.1 Å². The first-order chi connectivity index (χ1) is 25.1. The molecule has 0 saturated carbocycles. The van der Waals surface area contributed by atoms with Crippen LogP contribution in [0.5, 0.6) is 5.75 Å². The topological polar surface area (TPSA) is 127 Å². The number of esters is 1. The Morgan fingerprint density at radius 1 is 0.943 bits per heavy atom. The van der Waals surface area contributed by atoms with E-state index in [2.05, 4.69) is 30.3 Å². The molecule has 1 aliphatic heterocycles. The lowest BCUT2D eigenvalue weighted by molar-refractivity contribution is -0.159. The van der Waals surface area contributed by atoms with Gasteiger partial charge in [0.25, 0.3) is 5.91 Å². The molecule has 1 amide bonds. The minimum Gasteiger partial charge on any atom is -0.486 e. The molecule has 1 heterocycles. The highest BCUT2D eigenvalue weighted by molar-refractivity contribution is 6.38. The first kappa shape index (κ1) is 42.6. The molecule has 2 unspecified atom stereocenters. The van der Waals surface area contributed by atoms with Gasteiger partial charge in [-0.25, -0.2) is 14.0 Å². The number of hydrogen-bond acceptors (Lipinski definition) is 7. The Hall–Kier alpha value is -4.86. The van der Waals surface area contributed by atoms with E-state index in [1.165, 1.54) is 48.4 Å². The van der Waals surface area contributed by atoms with Crippen LogP contribution in [-0.2, 0) is 41.6 Å². The fourth-order valence-electron chi connectivity index (χ4n) is 5.66. The number of carboxylic acids is 1. The van der Waals surface area contributed by atoms with Gasteiger partial charge < -0.3 is 19.5 Å². The summed E-state index contributed by atoms with van der Waals surface area (Å²) in [6.45, 7) is 10.6. The lowest BCUT2D eigenvalue weighted by Crippen LogP contribution is -2.53. The maximum Gasteiger partial charge on any atom is 0.330 e. The van der Waals surface area contributed by atoms with Crippen molar-refractivity contribution in [1.29, 1.82) is 0 Å². The van der Waals surface area contributed by atoms with Crippen LogP contribution in [0.3, 0.4) is 0 Å². The molecule has 1 fully saturated rings. The number of hydrogen-bond donors (Lipinski definition) is 1. The Kier molecular flexibility index (Phi) is 16.4. The summed E-state index contributed by atoms with van der Waals surface area (Å²) in [7, 11) is 0. The van der Waals surface area contributed by atoms with Gasteiger partial charge in [0, 0.05) is 24.6 Å². The number of piperidine rings is 1. The van der Waals surface area contributed by atoms with Crippen LogP contribution in [0.1, 0.15) is 84.8 Å². The van der Waals surface area contributed by atoms with E-state index in [0.29, 0.717) is 25.0 Å². The summed E-state index contributed by atoms with van der Waals surface area (Å²) in [6.07, 6.45) is 8.27. The van der Waals surface area contributed by atoms with Crippen molar-refractivity contribution in [3.63, 3.8) is 0 Å². The largest absolute Gasteiger partial charge is 0.486 e. The number of ketones is 2. The monoisotopic (exact) mass is 731 g/mol. The number of amides is 1. The summed E-state index contributed by atoms with van der Waals surface area (Å²) in [5.74, 6) is -2.99. The van der Waals surface area contributed by atoms with Gasteiger partial charge in [-0.3, -0.25) is 14.4 Å². The Balaban J connectivity index is 0.000000286. The number of carbonyl (C=O) groups excluding carboxylic acids is 4. The van der Waals surface area contributed by atoms with Crippen LogP contribution in [0, 0.1) is 23.1 Å². The van der Waals surface area contributed by atoms with E-state index >= 15 is 0 Å². The third-order valence-electron chi connectivity index (χ3n) is 9.34. The molecular weight excluding hydrogens is 677 g/mol. The predicted molar refractivity (Wildman–Crippen MR) is 203 cm³/mol. The second-order valence-corrected chi connectivity index (χ2v) is 14.7. The van der Waals surface area contributed by atoms with Gasteiger partial charge in [-0.05, 0) is 92.3 Å². The number of carbonyl (C=O) groups is 5. The third kappa shape index (κ3) is 13.6. The molecule has 1 N–H and O–H groups in total. The van der Waals surface area contributed by atoms with Gasteiger partial charge in [0.05, 0.1) is 5.41 Å². The van der Waals surface area contributed by atoms with Gasteiger partial charge in [0.1, 0.15) is 30.8 Å². The number of Topliss-reactive ketones (excluding diaryl/α,β-unsaturated/α-hetero) is 2. The fourth-order valence-corrected chi connectivity index (χ4v) is 5.66. The maximum absolute atomic E-state index is 13.9. The SMILES string of the molecule is CC(C)C(=O)COc1cc(F)cc(CCCc2ccc3ccccc3c2)c1.CCC(C)/C=C\C(=O)OCC(C)(C)C(=O)C(=O)N1CCCCC1C(=O)O. The minimum atomic E-state index is -1.22. The van der Waals surface area contributed by atoms with Gasteiger partial charge >= 0.3 is 11.9 Å². The average molecular weight is 732 g/mol. The number of halogens is 1. The van der Waals surface area contributed by atoms with Crippen molar-refractivity contribution in [2.75, 3.05) is 19.8 Å². The molecule has 10 heteroatoms. The summed E-state index contributed by atoms with van der Waals surface area (Å²) < 4.78 is 24.4. The van der Waals surface area contributed by atoms with Crippen LogP contribution in [0.25, 0.3) is 10.8 Å². The number of ether oxygens (including phenoxy) is 2. The number of allylic oxidation sites excluding steroid dienone is 1. The normalized spacial score (nSPS) is 15.1. The molecule has 3 aromatic carbocycles. The summed E-state index contributed by atoms with van der Waals surface area (Å²) in [5, 5.41) is 11.7. The van der Waals surface area contributed by atoms with E-state index in [1.54, 1.807) is 6.08 Å². The Labute approximate surface area is 312 Å². The number of aliphatic carboxylic acids is 1.